The van der Waals surface area contributed by atoms with Crippen LogP contribution in [0.4, 0.5) is 29.1 Å². The van der Waals surface area contributed by atoms with E-state index in [-0.39, 0.29) is 29.4 Å². The van der Waals surface area contributed by atoms with Gasteiger partial charge in [0.05, 0.1) is 35.4 Å². The zero-order valence-electron chi connectivity index (χ0n) is 23.5. The molecule has 4 heterocycles. The van der Waals surface area contributed by atoms with Crippen LogP contribution in [0.2, 0.25) is 0 Å². The van der Waals surface area contributed by atoms with Gasteiger partial charge in [0.1, 0.15) is 29.4 Å². The molecule has 6 rings (SSSR count). The molecule has 0 spiro atoms. The first-order valence-electron chi connectivity index (χ1n) is 13.8. The van der Waals surface area contributed by atoms with Crippen molar-refractivity contribution in [3.8, 4) is 17.0 Å². The molecule has 5 aromatic rings. The van der Waals surface area contributed by atoms with Crippen molar-refractivity contribution in [2.75, 3.05) is 31.2 Å². The SMILES string of the molecule is COc1cc(-c2nn(C3CCN(Cc4ccc[nH]4)CC3)c3ncnc(N)c23)ccc1NC(=O)c1ccc(C(F)(F)F)cc1F. The Morgan fingerprint density at radius 2 is 1.93 bits per heavy atom. The number of fused-ring (bicyclic) bond motifs is 1. The number of ether oxygens (including phenoxy) is 1. The molecule has 14 heteroatoms. The van der Waals surface area contributed by atoms with Crippen LogP contribution in [-0.4, -0.2) is 55.7 Å². The van der Waals surface area contributed by atoms with E-state index in [9.17, 15) is 22.4 Å². The van der Waals surface area contributed by atoms with Crippen LogP contribution in [0.1, 0.15) is 40.5 Å². The number of aromatic nitrogens is 5. The number of piperidine rings is 1. The molecular formula is C30H28F4N8O2. The molecule has 1 amide bonds. The topological polar surface area (TPSA) is 127 Å². The summed E-state index contributed by atoms with van der Waals surface area (Å²) >= 11 is 0. The number of nitrogens with one attached hydrogen (secondary N) is 2. The summed E-state index contributed by atoms with van der Waals surface area (Å²) in [6.45, 7) is 2.60. The highest BCUT2D eigenvalue weighted by molar-refractivity contribution is 6.06. The second-order valence-electron chi connectivity index (χ2n) is 10.5. The summed E-state index contributed by atoms with van der Waals surface area (Å²) in [4.78, 5) is 27.1. The van der Waals surface area contributed by atoms with E-state index in [0.717, 1.165) is 44.2 Å². The fourth-order valence-corrected chi connectivity index (χ4v) is 5.49. The average Bonchev–Trinajstić information content (AvgIpc) is 3.66. The first-order valence-corrected chi connectivity index (χ1v) is 13.8. The van der Waals surface area contributed by atoms with Crippen molar-refractivity contribution in [1.82, 2.24) is 29.6 Å². The lowest BCUT2D eigenvalue weighted by molar-refractivity contribution is -0.137. The maximum atomic E-state index is 14.4. The largest absolute Gasteiger partial charge is 0.495 e. The zero-order chi connectivity index (χ0) is 31.0. The highest BCUT2D eigenvalue weighted by atomic mass is 19.4. The van der Waals surface area contributed by atoms with Crippen molar-refractivity contribution in [3.05, 3.63) is 83.7 Å². The van der Waals surface area contributed by atoms with Gasteiger partial charge >= 0.3 is 6.18 Å². The molecule has 1 aliphatic rings. The summed E-state index contributed by atoms with van der Waals surface area (Å²) in [7, 11) is 1.39. The lowest BCUT2D eigenvalue weighted by Gasteiger charge is -2.31. The van der Waals surface area contributed by atoms with Crippen molar-refractivity contribution >= 4 is 28.4 Å². The monoisotopic (exact) mass is 608 g/mol. The second kappa shape index (κ2) is 11.6. The van der Waals surface area contributed by atoms with Crippen molar-refractivity contribution in [1.29, 1.82) is 0 Å². The Hall–Kier alpha value is -4.98. The van der Waals surface area contributed by atoms with Crippen molar-refractivity contribution in [2.45, 2.75) is 31.6 Å². The van der Waals surface area contributed by atoms with Crippen LogP contribution >= 0.6 is 0 Å². The van der Waals surface area contributed by atoms with E-state index in [0.29, 0.717) is 28.4 Å². The Morgan fingerprint density at radius 3 is 2.61 bits per heavy atom. The van der Waals surface area contributed by atoms with Crippen LogP contribution in [-0.2, 0) is 12.7 Å². The lowest BCUT2D eigenvalue weighted by Crippen LogP contribution is -2.34. The first kappa shape index (κ1) is 29.1. The number of nitrogens with zero attached hydrogens (tertiary/aromatic N) is 5. The summed E-state index contributed by atoms with van der Waals surface area (Å²) in [6.07, 6.45) is 0.295. The maximum absolute atomic E-state index is 14.4. The average molecular weight is 609 g/mol. The van der Waals surface area contributed by atoms with Gasteiger partial charge in [-0.2, -0.15) is 18.3 Å². The molecule has 0 atom stereocenters. The normalized spacial score (nSPS) is 14.7. The number of aromatic amines is 1. The molecule has 0 bridgehead atoms. The molecule has 3 aromatic heterocycles. The van der Waals surface area contributed by atoms with Crippen LogP contribution in [0.3, 0.4) is 0 Å². The number of amides is 1. The standard InChI is InChI=1S/C30H28F4N8O2/c1-44-24-13-17(4-7-23(24)39-29(43)21-6-5-18(14-22(21)31)30(32,33)34)26-25-27(35)37-16-38-28(25)42(40-26)20-8-11-41(12-9-20)15-19-3-2-10-36-19/h2-7,10,13-14,16,20,36H,8-9,11-12,15H2,1H3,(H,39,43)(H2,35,37,38). The molecule has 228 valence electrons. The summed E-state index contributed by atoms with van der Waals surface area (Å²) in [5.41, 5.74) is 7.65. The van der Waals surface area contributed by atoms with Crippen molar-refractivity contribution in [3.63, 3.8) is 0 Å². The third-order valence-corrected chi connectivity index (χ3v) is 7.74. The molecule has 1 aliphatic heterocycles. The Kier molecular flexibility index (Phi) is 7.67. The molecule has 0 radical (unpaired) electrons. The van der Waals surface area contributed by atoms with E-state index in [1.54, 1.807) is 12.1 Å². The van der Waals surface area contributed by atoms with E-state index in [4.69, 9.17) is 15.6 Å². The predicted molar refractivity (Wildman–Crippen MR) is 155 cm³/mol. The van der Waals surface area contributed by atoms with Gasteiger partial charge in [-0.05, 0) is 55.3 Å². The number of hydrogen-bond donors (Lipinski definition) is 3. The number of hydrogen-bond acceptors (Lipinski definition) is 7. The third kappa shape index (κ3) is 5.67. The van der Waals surface area contributed by atoms with Gasteiger partial charge in [0.15, 0.2) is 5.65 Å². The number of rotatable bonds is 7. The van der Waals surface area contributed by atoms with E-state index in [1.807, 2.05) is 16.9 Å². The fraction of sp³-hybridized carbons (Fsp3) is 0.267. The predicted octanol–water partition coefficient (Wildman–Crippen LogP) is 5.66. The molecule has 10 nitrogen and oxygen atoms in total. The highest BCUT2D eigenvalue weighted by Gasteiger charge is 2.32. The number of anilines is 2. The van der Waals surface area contributed by atoms with Gasteiger partial charge in [-0.25, -0.2) is 19.0 Å². The van der Waals surface area contributed by atoms with E-state index in [1.165, 1.54) is 19.5 Å². The molecular weight excluding hydrogens is 580 g/mol. The Labute approximate surface area is 248 Å². The number of likely N-dealkylation sites (tertiary alicyclic amines) is 1. The van der Waals surface area contributed by atoms with Gasteiger partial charge < -0.3 is 20.8 Å². The highest BCUT2D eigenvalue weighted by Crippen LogP contribution is 2.38. The zero-order valence-corrected chi connectivity index (χ0v) is 23.5. The quantitative estimate of drug-likeness (QED) is 0.204. The Balaban J connectivity index is 1.26. The van der Waals surface area contributed by atoms with E-state index >= 15 is 0 Å². The van der Waals surface area contributed by atoms with Crippen LogP contribution in [0.15, 0.2) is 61.1 Å². The van der Waals surface area contributed by atoms with Gasteiger partial charge in [0, 0.05) is 37.1 Å². The van der Waals surface area contributed by atoms with Crippen LogP contribution in [0, 0.1) is 5.82 Å². The summed E-state index contributed by atoms with van der Waals surface area (Å²) < 4.78 is 60.6. The van der Waals surface area contributed by atoms with Gasteiger partial charge in [0.2, 0.25) is 0 Å². The van der Waals surface area contributed by atoms with E-state index < -0.39 is 29.0 Å². The van der Waals surface area contributed by atoms with Crippen molar-refractivity contribution < 1.29 is 27.1 Å². The minimum atomic E-state index is -4.74. The Morgan fingerprint density at radius 1 is 1.14 bits per heavy atom. The van der Waals surface area contributed by atoms with Crippen LogP contribution < -0.4 is 15.8 Å². The van der Waals surface area contributed by atoms with Crippen LogP contribution in [0.25, 0.3) is 22.3 Å². The fourth-order valence-electron chi connectivity index (χ4n) is 5.49. The van der Waals surface area contributed by atoms with Crippen LogP contribution in [0.5, 0.6) is 5.75 Å². The molecule has 4 N–H and O–H groups in total. The summed E-state index contributed by atoms with van der Waals surface area (Å²) in [5, 5.41) is 8.01. The number of benzene rings is 2. The molecule has 0 unspecified atom stereocenters. The third-order valence-electron chi connectivity index (χ3n) is 7.74. The molecule has 0 aliphatic carbocycles. The van der Waals surface area contributed by atoms with Crippen molar-refractivity contribution in [2.24, 2.45) is 0 Å². The van der Waals surface area contributed by atoms with Gasteiger partial charge in [-0.15, -0.1) is 0 Å². The lowest BCUT2D eigenvalue weighted by atomic mass is 10.0. The molecule has 1 fully saturated rings. The number of nitrogens with two attached hydrogens (primary N) is 1. The summed E-state index contributed by atoms with van der Waals surface area (Å²) in [6, 6.07) is 10.7. The number of carbonyl (C=O) groups excluding carboxylic acids is 1. The summed E-state index contributed by atoms with van der Waals surface area (Å²) in [5.74, 6) is -1.75. The van der Waals surface area contributed by atoms with Gasteiger partial charge in [-0.3, -0.25) is 9.69 Å². The second-order valence-corrected chi connectivity index (χ2v) is 10.5. The number of halogens is 4. The number of methoxy groups -OCH3 is 1. The number of H-pyrrole nitrogens is 1. The number of alkyl halides is 3. The van der Waals surface area contributed by atoms with Gasteiger partial charge in [-0.1, -0.05) is 6.07 Å². The number of nitrogen functional groups attached to an aromatic ring is 1. The first-order chi connectivity index (χ1) is 21.1. The molecule has 1 saturated heterocycles. The molecule has 44 heavy (non-hydrogen) atoms. The minimum Gasteiger partial charge on any atom is -0.495 e. The number of carbonyl (C=O) groups is 1. The maximum Gasteiger partial charge on any atom is 0.416 e. The smallest absolute Gasteiger partial charge is 0.416 e. The van der Waals surface area contributed by atoms with E-state index in [2.05, 4.69) is 31.2 Å². The molecule has 0 saturated carbocycles. The van der Waals surface area contributed by atoms with Gasteiger partial charge in [0.25, 0.3) is 5.91 Å². The minimum absolute atomic E-state index is 0.0829. The Bertz CT molecular complexity index is 1810. The molecule has 2 aromatic carbocycles.